The molecule has 0 radical (unpaired) electrons. The quantitative estimate of drug-likeness (QED) is 0.0977. The lowest BCUT2D eigenvalue weighted by Crippen LogP contribution is -1.99. The third kappa shape index (κ3) is 18.2. The SMILES string of the molecule is Clc1ncc(Cc2ccc(-n3cccn3)cc2)s1.O=Cc1ccc(-n2cccn2)cc1.O=Cc1ccc(Br)cc1.OC(c1ccc(-n2cccn2)cc1)c1cnc(Cl)s1.c1ccc(CCc2ncc(Cc3ccc(-n4cccn4)cc3)s2)cc1. The highest BCUT2D eigenvalue weighted by Crippen LogP contribution is 2.30. The van der Waals surface area contributed by atoms with Crippen LogP contribution in [0, 0.1) is 0 Å². The number of hydrogen-bond acceptors (Lipinski definition) is 13. The average Bonchev–Trinajstić information content (AvgIpc) is 4.43. The molecule has 0 amide bonds. The molecule has 14 nitrogen and oxygen atoms in total. The van der Waals surface area contributed by atoms with Crippen LogP contribution in [0.4, 0.5) is 0 Å². The van der Waals surface area contributed by atoms with Crippen LogP contribution in [0.5, 0.6) is 0 Å². The average molecular weight is 1270 g/mol. The summed E-state index contributed by atoms with van der Waals surface area (Å²) in [4.78, 5) is 36.3. The van der Waals surface area contributed by atoms with Crippen molar-refractivity contribution in [3.8, 4) is 22.7 Å². The molecule has 6 aromatic carbocycles. The second kappa shape index (κ2) is 31.2. The van der Waals surface area contributed by atoms with Gasteiger partial charge in [-0.3, -0.25) is 9.59 Å². The molecule has 13 rings (SSSR count). The third-order valence-electron chi connectivity index (χ3n) is 12.3. The van der Waals surface area contributed by atoms with E-state index >= 15 is 0 Å². The van der Waals surface area contributed by atoms with Gasteiger partial charge in [0.25, 0.3) is 0 Å². The summed E-state index contributed by atoms with van der Waals surface area (Å²) in [5.74, 6) is 0. The molecule has 0 fully saturated rings. The Balaban J connectivity index is 0.000000130. The van der Waals surface area contributed by atoms with Gasteiger partial charge in [-0.2, -0.15) is 20.4 Å². The fourth-order valence-electron chi connectivity index (χ4n) is 8.04. The normalized spacial score (nSPS) is 10.9. The molecule has 7 aromatic heterocycles. The Morgan fingerprint density at radius 1 is 0.452 bits per heavy atom. The van der Waals surface area contributed by atoms with E-state index in [1.807, 2.05) is 131 Å². The highest BCUT2D eigenvalue weighted by molar-refractivity contribution is 9.10. The van der Waals surface area contributed by atoms with Crippen molar-refractivity contribution in [3.05, 3.63) is 311 Å². The molecule has 0 aliphatic carbocycles. The van der Waals surface area contributed by atoms with Gasteiger partial charge in [0, 0.05) is 113 Å². The monoisotopic (exact) mass is 1270 g/mol. The zero-order valence-corrected chi connectivity index (χ0v) is 50.2. The van der Waals surface area contributed by atoms with E-state index in [2.05, 4.69) is 130 Å². The van der Waals surface area contributed by atoms with E-state index in [0.29, 0.717) is 20.1 Å². The van der Waals surface area contributed by atoms with Gasteiger partial charge in [0.05, 0.1) is 32.6 Å². The number of hydrogen-bond donors (Lipinski definition) is 1. The second-order valence-electron chi connectivity index (χ2n) is 18.2. The van der Waals surface area contributed by atoms with Crippen LogP contribution in [0.3, 0.4) is 0 Å². The van der Waals surface area contributed by atoms with Crippen LogP contribution in [0.1, 0.15) is 68.7 Å². The Kier molecular flexibility index (Phi) is 22.3. The van der Waals surface area contributed by atoms with Crippen LogP contribution in [0.25, 0.3) is 22.7 Å². The van der Waals surface area contributed by atoms with E-state index < -0.39 is 6.10 Å². The van der Waals surface area contributed by atoms with Crippen molar-refractivity contribution in [2.75, 3.05) is 0 Å². The number of halogens is 3. The summed E-state index contributed by atoms with van der Waals surface area (Å²) in [6, 6.07) is 57.0. The Morgan fingerprint density at radius 2 is 0.869 bits per heavy atom. The molecule has 0 saturated heterocycles. The number of aliphatic hydroxyl groups is 1. The van der Waals surface area contributed by atoms with E-state index in [1.54, 1.807) is 64.6 Å². The molecule has 1 N–H and O–H groups in total. The number of rotatable bonds is 15. The minimum Gasteiger partial charge on any atom is -0.383 e. The van der Waals surface area contributed by atoms with Crippen molar-refractivity contribution in [1.82, 2.24) is 54.1 Å². The van der Waals surface area contributed by atoms with E-state index in [1.165, 1.54) is 54.1 Å². The molecule has 1 atom stereocenters. The van der Waals surface area contributed by atoms with Gasteiger partial charge in [0.2, 0.25) is 0 Å². The number of nitrogens with zero attached hydrogens (tertiary/aromatic N) is 11. The van der Waals surface area contributed by atoms with Gasteiger partial charge >= 0.3 is 0 Å². The molecule has 0 saturated carbocycles. The molecule has 20 heteroatoms. The lowest BCUT2D eigenvalue weighted by Gasteiger charge is -2.09. The molecule has 420 valence electrons. The van der Waals surface area contributed by atoms with Crippen molar-refractivity contribution in [3.63, 3.8) is 0 Å². The fraction of sp³-hybridized carbons (Fsp3) is 0.0781. The summed E-state index contributed by atoms with van der Waals surface area (Å²) < 4.78 is 9.24. The number of aryl methyl sites for hydroxylation is 2. The third-order valence-corrected chi connectivity index (χ3v) is 16.2. The summed E-state index contributed by atoms with van der Waals surface area (Å²) in [6.07, 6.45) is 24.9. The van der Waals surface area contributed by atoms with Gasteiger partial charge in [-0.15, -0.1) is 34.0 Å². The number of carbonyl (C=O) groups is 2. The van der Waals surface area contributed by atoms with Crippen LogP contribution in [-0.4, -0.2) is 71.8 Å². The molecule has 0 bridgehead atoms. The van der Waals surface area contributed by atoms with Gasteiger partial charge in [0.15, 0.2) is 8.93 Å². The molecule has 7 heterocycles. The largest absolute Gasteiger partial charge is 0.383 e. The maximum absolute atomic E-state index is 10.4. The van der Waals surface area contributed by atoms with Crippen LogP contribution in [0.2, 0.25) is 8.93 Å². The van der Waals surface area contributed by atoms with E-state index in [9.17, 15) is 14.7 Å². The number of aldehydes is 2. The summed E-state index contributed by atoms with van der Waals surface area (Å²) in [5.41, 5.74) is 10.1. The molecular weight excluding hydrogens is 1220 g/mol. The predicted octanol–water partition coefficient (Wildman–Crippen LogP) is 15.3. The van der Waals surface area contributed by atoms with Gasteiger partial charge in [-0.05, 0) is 126 Å². The maximum Gasteiger partial charge on any atom is 0.183 e. The van der Waals surface area contributed by atoms with Gasteiger partial charge in [-0.25, -0.2) is 33.7 Å². The first kappa shape index (κ1) is 60.0. The van der Waals surface area contributed by atoms with Crippen LogP contribution < -0.4 is 0 Å². The Bertz CT molecular complexity index is 3980. The molecular formula is C64H52BrCl2N11O3S3. The Morgan fingerprint density at radius 3 is 1.29 bits per heavy atom. The number of thiazole rings is 3. The summed E-state index contributed by atoms with van der Waals surface area (Å²) in [5, 5.41) is 28.1. The molecule has 0 aliphatic heterocycles. The number of benzene rings is 6. The fourth-order valence-corrected chi connectivity index (χ4v) is 11.2. The van der Waals surface area contributed by atoms with Gasteiger partial charge < -0.3 is 5.11 Å². The zero-order chi connectivity index (χ0) is 58.3. The first-order chi connectivity index (χ1) is 41.1. The predicted molar refractivity (Wildman–Crippen MR) is 339 cm³/mol. The first-order valence-electron chi connectivity index (χ1n) is 26.1. The topological polar surface area (TPSA) is 164 Å². The van der Waals surface area contributed by atoms with Crippen molar-refractivity contribution in [2.45, 2.75) is 31.8 Å². The maximum atomic E-state index is 10.4. The van der Waals surface area contributed by atoms with Crippen molar-refractivity contribution in [2.24, 2.45) is 0 Å². The van der Waals surface area contributed by atoms with Gasteiger partial charge in [-0.1, -0.05) is 118 Å². The van der Waals surface area contributed by atoms with Crippen molar-refractivity contribution >= 4 is 85.7 Å². The molecule has 1 unspecified atom stereocenters. The smallest absolute Gasteiger partial charge is 0.183 e. The first-order valence-corrected chi connectivity index (χ1v) is 30.1. The molecule has 0 spiro atoms. The minimum absolute atomic E-state index is 0.433. The van der Waals surface area contributed by atoms with Crippen LogP contribution in [-0.2, 0) is 25.7 Å². The van der Waals surface area contributed by atoms with Crippen LogP contribution >= 0.6 is 73.1 Å². The molecule has 84 heavy (non-hydrogen) atoms. The number of aromatic nitrogens is 11. The molecule has 13 aromatic rings. The van der Waals surface area contributed by atoms with E-state index in [-0.39, 0.29) is 0 Å². The second-order valence-corrected chi connectivity index (χ2v) is 23.6. The molecule has 0 aliphatic rings. The Hall–Kier alpha value is -8.59. The van der Waals surface area contributed by atoms with Crippen molar-refractivity contribution in [1.29, 1.82) is 0 Å². The summed E-state index contributed by atoms with van der Waals surface area (Å²) >= 11 is 19.5. The Labute approximate surface area is 515 Å². The highest BCUT2D eigenvalue weighted by atomic mass is 79.9. The lowest BCUT2D eigenvalue weighted by molar-refractivity contribution is 0.111. The van der Waals surface area contributed by atoms with Crippen molar-refractivity contribution < 1.29 is 14.7 Å². The zero-order valence-electron chi connectivity index (χ0n) is 44.7. The van der Waals surface area contributed by atoms with E-state index in [0.717, 1.165) is 75.9 Å². The number of aliphatic hydroxyl groups excluding tert-OH is 1. The highest BCUT2D eigenvalue weighted by Gasteiger charge is 2.14. The summed E-state index contributed by atoms with van der Waals surface area (Å²) in [7, 11) is 0. The number of carbonyl (C=O) groups excluding carboxylic acids is 2. The van der Waals surface area contributed by atoms with E-state index in [4.69, 9.17) is 23.2 Å². The van der Waals surface area contributed by atoms with Gasteiger partial charge in [0.1, 0.15) is 18.7 Å². The standard InChI is InChI=1S/C21H19N3S.C13H10ClN3OS.C13H10ClN3S.C10H8N2O.C7H5BrO/c1-2-5-17(6-3-1)9-12-21-22-16-20(25-21)15-18-7-10-19(11-8-18)24-14-4-13-23-24;14-13-15-8-11(19-13)12(18)9-2-4-10(5-3-9)17-7-1-6-16-17;14-13-15-9-12(18-13)8-10-2-4-11(5-3-10)17-7-1-6-16-17;13-8-9-2-4-10(5-3-9)12-7-1-6-11-12;8-7-3-1-6(5-9)2-4-7/h1-8,10-11,13-14,16H,9,12,15H2;1-8,12,18H;1-7,9H,8H2;1-8H;1-5H. The minimum atomic E-state index is -0.698. The summed E-state index contributed by atoms with van der Waals surface area (Å²) in [6.45, 7) is 0. The lowest BCUT2D eigenvalue weighted by atomic mass is 10.1. The van der Waals surface area contributed by atoms with Crippen LogP contribution in [0.15, 0.2) is 249 Å².